The first-order chi connectivity index (χ1) is 7.08. The number of hydrogen-bond acceptors (Lipinski definition) is 6. The largest absolute Gasteiger partial charge is 0.517 e. The molecule has 15 heavy (non-hydrogen) atoms. The summed E-state index contributed by atoms with van der Waals surface area (Å²) in [6.45, 7) is 3.08. The maximum Gasteiger partial charge on any atom is 0.517 e. The Labute approximate surface area is 85.9 Å². The number of nitrogens with zero attached hydrogens (tertiary/aromatic N) is 2. The van der Waals surface area contributed by atoms with Crippen LogP contribution in [0, 0.1) is 5.39 Å². The predicted molar refractivity (Wildman–Crippen MR) is 48.0 cm³/mol. The fourth-order valence-corrected chi connectivity index (χ4v) is 0.680. The number of aliphatic hydroxyl groups is 1. The maximum absolute atomic E-state index is 11.0. The zero-order valence-electron chi connectivity index (χ0n) is 8.39. The van der Waals surface area contributed by atoms with Crippen LogP contribution in [0.2, 0.25) is 0 Å². The van der Waals surface area contributed by atoms with E-state index in [0.29, 0.717) is 0 Å². The van der Waals surface area contributed by atoms with Crippen LogP contribution in [0.25, 0.3) is 4.98 Å². The maximum atomic E-state index is 11.0. The first-order valence-electron chi connectivity index (χ1n) is 4.21. The van der Waals surface area contributed by atoms with Crippen molar-refractivity contribution in [3.8, 4) is 0 Å². The van der Waals surface area contributed by atoms with E-state index in [0.717, 1.165) is 0 Å². The van der Waals surface area contributed by atoms with E-state index < -0.39 is 23.4 Å². The van der Waals surface area contributed by atoms with Gasteiger partial charge in [-0.1, -0.05) is 0 Å². The molecule has 1 N–H and O–H groups in total. The van der Waals surface area contributed by atoms with Crippen LogP contribution in [-0.2, 0) is 19.1 Å². The summed E-state index contributed by atoms with van der Waals surface area (Å²) < 4.78 is 8.82. The highest BCUT2D eigenvalue weighted by Gasteiger charge is 2.35. The van der Waals surface area contributed by atoms with Crippen LogP contribution in [0.4, 0.5) is 0 Å². The van der Waals surface area contributed by atoms with E-state index in [-0.39, 0.29) is 13.2 Å². The van der Waals surface area contributed by atoms with Gasteiger partial charge in [0.2, 0.25) is 5.39 Å². The van der Waals surface area contributed by atoms with Crippen molar-refractivity contribution in [3.05, 3.63) is 16.4 Å². The highest BCUT2D eigenvalue weighted by molar-refractivity contribution is 5.99. The molecule has 0 aromatic heterocycles. The van der Waals surface area contributed by atoms with Crippen molar-refractivity contribution >= 4 is 11.9 Å². The third-order valence-corrected chi connectivity index (χ3v) is 1.26. The van der Waals surface area contributed by atoms with E-state index in [2.05, 4.69) is 14.4 Å². The summed E-state index contributed by atoms with van der Waals surface area (Å²) in [4.78, 5) is 24.4. The Hall–Kier alpha value is -2.10. The summed E-state index contributed by atoms with van der Waals surface area (Å²) in [5, 5.41) is 17.6. The van der Waals surface area contributed by atoms with Crippen LogP contribution in [0.1, 0.15) is 13.8 Å². The van der Waals surface area contributed by atoms with Crippen molar-refractivity contribution in [1.29, 1.82) is 5.39 Å². The van der Waals surface area contributed by atoms with Gasteiger partial charge in [-0.2, -0.15) is 0 Å². The van der Waals surface area contributed by atoms with E-state index in [1.165, 1.54) is 13.8 Å². The molecule has 0 bridgehead atoms. The smallest absolute Gasteiger partial charge is 0.496 e. The number of diazo groups is 1. The Morgan fingerprint density at radius 2 is 1.67 bits per heavy atom. The van der Waals surface area contributed by atoms with Crippen molar-refractivity contribution in [2.45, 2.75) is 13.8 Å². The lowest BCUT2D eigenvalue weighted by Gasteiger charge is -1.97. The van der Waals surface area contributed by atoms with Crippen LogP contribution >= 0.6 is 0 Å². The van der Waals surface area contributed by atoms with Crippen molar-refractivity contribution in [3.63, 3.8) is 0 Å². The highest BCUT2D eigenvalue weighted by Crippen LogP contribution is 2.07. The van der Waals surface area contributed by atoms with Gasteiger partial charge in [-0.3, -0.25) is 0 Å². The lowest BCUT2D eigenvalue weighted by Crippen LogP contribution is -2.14. The van der Waals surface area contributed by atoms with Crippen molar-refractivity contribution in [2.24, 2.45) is 0 Å². The summed E-state index contributed by atoms with van der Waals surface area (Å²) in [6.07, 6.45) is 0. The van der Waals surface area contributed by atoms with Crippen molar-refractivity contribution in [1.82, 2.24) is 0 Å². The molecule has 0 amide bonds. The van der Waals surface area contributed by atoms with Gasteiger partial charge in [-0.25, -0.2) is 9.59 Å². The lowest BCUT2D eigenvalue weighted by molar-refractivity contribution is -0.144. The summed E-state index contributed by atoms with van der Waals surface area (Å²) in [5.74, 6) is -3.35. The molecule has 0 aromatic carbocycles. The molecular formula is C8H11N2O5+. The van der Waals surface area contributed by atoms with Gasteiger partial charge in [0.25, 0.3) is 0 Å². The van der Waals surface area contributed by atoms with Gasteiger partial charge >= 0.3 is 23.4 Å². The Morgan fingerprint density at radius 3 is 2.07 bits per heavy atom. The minimum Gasteiger partial charge on any atom is -0.496 e. The van der Waals surface area contributed by atoms with E-state index in [4.69, 9.17) is 10.5 Å². The Morgan fingerprint density at radius 1 is 1.20 bits per heavy atom. The molecule has 7 heteroatoms. The first-order valence-corrected chi connectivity index (χ1v) is 4.21. The summed E-state index contributed by atoms with van der Waals surface area (Å²) in [7, 11) is 0. The quantitative estimate of drug-likeness (QED) is 0.321. The molecule has 0 saturated heterocycles. The number of ether oxygens (including phenoxy) is 2. The number of rotatable bonds is 4. The Balaban J connectivity index is 4.91. The molecule has 7 nitrogen and oxygen atoms in total. The molecule has 0 rings (SSSR count). The predicted octanol–water partition coefficient (Wildman–Crippen LogP) is 0.735. The average Bonchev–Trinajstić information content (AvgIpc) is 2.19. The van der Waals surface area contributed by atoms with Crippen LogP contribution < -0.4 is 0 Å². The van der Waals surface area contributed by atoms with Gasteiger partial charge in [0, 0.05) is 0 Å². The van der Waals surface area contributed by atoms with Crippen LogP contribution in [0.5, 0.6) is 0 Å². The Bertz CT molecular complexity index is 328. The molecular weight excluding hydrogens is 204 g/mol. The summed E-state index contributed by atoms with van der Waals surface area (Å²) >= 11 is 0. The second-order valence-electron chi connectivity index (χ2n) is 2.24. The van der Waals surface area contributed by atoms with Crippen LogP contribution in [-0.4, -0.2) is 30.3 Å². The molecule has 0 fully saturated rings. The third-order valence-electron chi connectivity index (χ3n) is 1.26. The fourth-order valence-electron chi connectivity index (χ4n) is 0.680. The number of aliphatic hydroxyl groups excluding tert-OH is 1. The normalized spacial score (nSPS) is 11.0. The molecule has 0 radical (unpaired) electrons. The highest BCUT2D eigenvalue weighted by atomic mass is 16.5. The molecule has 0 heterocycles. The first kappa shape index (κ1) is 12.9. The van der Waals surface area contributed by atoms with Crippen LogP contribution in [0.3, 0.4) is 0 Å². The zero-order chi connectivity index (χ0) is 11.8. The number of hydrogen-bond donors (Lipinski definition) is 1. The van der Waals surface area contributed by atoms with Crippen molar-refractivity contribution in [2.75, 3.05) is 13.2 Å². The third kappa shape index (κ3) is 3.64. The number of carbonyl (C=O) groups is 2. The molecule has 0 aliphatic carbocycles. The molecule has 82 valence electrons. The van der Waals surface area contributed by atoms with Gasteiger partial charge in [0.05, 0.1) is 13.2 Å². The van der Waals surface area contributed by atoms with Gasteiger partial charge < -0.3 is 14.6 Å². The van der Waals surface area contributed by atoms with Gasteiger partial charge in [0.1, 0.15) is 0 Å². The lowest BCUT2D eigenvalue weighted by atomic mass is 10.3. The minimum absolute atomic E-state index is 0.0183. The molecule has 0 saturated carbocycles. The van der Waals surface area contributed by atoms with Crippen molar-refractivity contribution < 1.29 is 24.2 Å². The zero-order valence-corrected chi connectivity index (χ0v) is 8.39. The van der Waals surface area contributed by atoms with E-state index in [1.807, 2.05) is 0 Å². The molecule has 0 aliphatic rings. The molecule has 0 aliphatic heterocycles. The van der Waals surface area contributed by atoms with Gasteiger partial charge in [-0.15, -0.1) is 0 Å². The minimum atomic E-state index is -1.15. The van der Waals surface area contributed by atoms with E-state index in [1.54, 1.807) is 0 Å². The standard InChI is InChI=1S/C8H10N2O5/c1-3-14-7(12)5(10-9)6(11)8(13)15-4-2/h3-4H2,1-2H3/p+1. The molecule has 0 atom stereocenters. The molecule has 0 spiro atoms. The fraction of sp³-hybridized carbons (Fsp3) is 0.500. The van der Waals surface area contributed by atoms with E-state index in [9.17, 15) is 9.59 Å². The second kappa shape index (κ2) is 6.37. The number of esters is 2. The van der Waals surface area contributed by atoms with Gasteiger partial charge in [0.15, 0.2) is 4.98 Å². The number of carbonyl (C=O) groups excluding carboxylic acids is 2. The van der Waals surface area contributed by atoms with Crippen LogP contribution in [0.15, 0.2) is 11.5 Å². The van der Waals surface area contributed by atoms with Gasteiger partial charge in [-0.05, 0) is 13.8 Å². The monoisotopic (exact) mass is 215 g/mol. The summed E-state index contributed by atoms with van der Waals surface area (Å²) in [5.41, 5.74) is -0.879. The Kier molecular flexibility index (Phi) is 5.48. The SMILES string of the molecule is CCOC(=O)/C(O)=C(\[N+]#N)C(=O)OCC. The summed E-state index contributed by atoms with van der Waals surface area (Å²) in [6, 6.07) is 0. The average molecular weight is 215 g/mol. The van der Waals surface area contributed by atoms with E-state index >= 15 is 0 Å². The molecule has 0 unspecified atom stereocenters. The second-order valence-corrected chi connectivity index (χ2v) is 2.24. The topological polar surface area (TPSA) is 101 Å². The molecule has 0 aromatic rings.